The van der Waals surface area contributed by atoms with Crippen molar-refractivity contribution in [3.05, 3.63) is 51.7 Å². The summed E-state index contributed by atoms with van der Waals surface area (Å²) in [6.07, 6.45) is 0. The van der Waals surface area contributed by atoms with Gasteiger partial charge in [0.25, 0.3) is 5.69 Å². The maximum absolute atomic E-state index is 11.0. The summed E-state index contributed by atoms with van der Waals surface area (Å²) < 4.78 is 0. The van der Waals surface area contributed by atoms with Crippen molar-refractivity contribution in [2.45, 2.75) is 9.79 Å². The van der Waals surface area contributed by atoms with E-state index in [1.807, 2.05) is 0 Å². The highest BCUT2D eigenvalue weighted by Crippen LogP contribution is 2.45. The second kappa shape index (κ2) is 4.76. The van der Waals surface area contributed by atoms with E-state index in [9.17, 15) is 15.3 Å². The zero-order valence-corrected chi connectivity index (χ0v) is 10.8. The molecule has 2 aromatic rings. The largest absolute Gasteiger partial charge is 0.595 e. The summed E-state index contributed by atoms with van der Waals surface area (Å²) in [5, 5.41) is 32.8. The third kappa shape index (κ3) is 2.21. The Labute approximate surface area is 117 Å². The summed E-state index contributed by atoms with van der Waals surface area (Å²) in [5.41, 5.74) is 1.76. The highest BCUT2D eigenvalue weighted by atomic mass is 32.2. The van der Waals surface area contributed by atoms with E-state index < -0.39 is 10.1 Å². The first-order valence-corrected chi connectivity index (χ1v) is 6.47. The summed E-state index contributed by atoms with van der Waals surface area (Å²) in [7, 11) is 0. The number of fused-ring (bicyclic) bond motifs is 2. The van der Waals surface area contributed by atoms with Gasteiger partial charge in [-0.15, -0.1) is 0 Å². The highest BCUT2D eigenvalue weighted by molar-refractivity contribution is 7.99. The molecule has 0 fully saturated rings. The van der Waals surface area contributed by atoms with E-state index in [-0.39, 0.29) is 11.4 Å². The first-order chi connectivity index (χ1) is 9.54. The van der Waals surface area contributed by atoms with Gasteiger partial charge in [0, 0.05) is 34.1 Å². The van der Waals surface area contributed by atoms with Crippen LogP contribution in [0.4, 0.5) is 22.7 Å². The lowest BCUT2D eigenvalue weighted by Crippen LogP contribution is -2.99. The summed E-state index contributed by atoms with van der Waals surface area (Å²) in [4.78, 5) is 11.8. The SMILES string of the molecule is O=[N+]([O-])c1ccc2c(c1)Sc1cc([NH+]([O-])O)ccc1N2. The minimum absolute atomic E-state index is 0.0101. The lowest BCUT2D eigenvalue weighted by atomic mass is 10.2. The standard InChI is InChI=1S/C12H9N3O4S/c16-14(17)7-1-3-9-11(5-7)20-12-6-8(15(18)19)2-4-10(12)13-9/h1-6,13-14,16H. The first kappa shape index (κ1) is 12.9. The Balaban J connectivity index is 2.01. The van der Waals surface area contributed by atoms with Crippen molar-refractivity contribution in [3.63, 3.8) is 0 Å². The highest BCUT2D eigenvalue weighted by Gasteiger charge is 2.20. The molecule has 1 unspecified atom stereocenters. The normalized spacial score (nSPS) is 13.9. The molecule has 0 amide bonds. The molecule has 102 valence electrons. The molecule has 0 bridgehead atoms. The molecule has 1 heterocycles. The van der Waals surface area contributed by atoms with E-state index in [0.717, 1.165) is 16.3 Å². The molecule has 7 nitrogen and oxygen atoms in total. The van der Waals surface area contributed by atoms with E-state index in [0.29, 0.717) is 4.90 Å². The van der Waals surface area contributed by atoms with E-state index in [4.69, 9.17) is 5.21 Å². The van der Waals surface area contributed by atoms with Gasteiger partial charge in [-0.25, -0.2) is 5.21 Å². The number of benzene rings is 2. The number of rotatable bonds is 2. The summed E-state index contributed by atoms with van der Waals surface area (Å²) in [6, 6.07) is 9.32. The smallest absolute Gasteiger partial charge is 0.270 e. The number of hydrogen-bond donors (Lipinski definition) is 3. The zero-order chi connectivity index (χ0) is 14.3. The predicted molar refractivity (Wildman–Crippen MR) is 72.7 cm³/mol. The number of non-ortho nitro benzene ring substituents is 1. The Kier molecular flexibility index (Phi) is 3.07. The maximum atomic E-state index is 11.0. The number of nitro benzene ring substituents is 1. The maximum Gasteiger partial charge on any atom is 0.270 e. The van der Waals surface area contributed by atoms with E-state index in [1.54, 1.807) is 18.2 Å². The van der Waals surface area contributed by atoms with Gasteiger partial charge in [-0.05, 0) is 12.1 Å². The lowest BCUT2D eigenvalue weighted by Gasteiger charge is -2.21. The average Bonchev–Trinajstić information content (AvgIpc) is 2.43. The number of nitro groups is 1. The number of hydrogen-bond acceptors (Lipinski definition) is 6. The molecule has 2 aromatic carbocycles. The van der Waals surface area contributed by atoms with Gasteiger partial charge < -0.3 is 10.5 Å². The summed E-state index contributed by atoms with van der Waals surface area (Å²) in [5.74, 6) is 0. The van der Waals surface area contributed by atoms with Crippen molar-refractivity contribution in [3.8, 4) is 0 Å². The number of anilines is 2. The quantitative estimate of drug-likeness (QED) is 0.494. The van der Waals surface area contributed by atoms with Crippen LogP contribution in [0.2, 0.25) is 0 Å². The topological polar surface area (TPSA) is 103 Å². The molecular formula is C12H9N3O4S. The van der Waals surface area contributed by atoms with Crippen LogP contribution in [-0.2, 0) is 0 Å². The molecule has 0 saturated carbocycles. The molecule has 0 spiro atoms. The van der Waals surface area contributed by atoms with Gasteiger partial charge >= 0.3 is 0 Å². The fourth-order valence-corrected chi connectivity index (χ4v) is 2.98. The van der Waals surface area contributed by atoms with E-state index in [1.165, 1.54) is 30.0 Å². The van der Waals surface area contributed by atoms with Crippen LogP contribution in [0.15, 0.2) is 46.2 Å². The van der Waals surface area contributed by atoms with Crippen LogP contribution in [0.25, 0.3) is 0 Å². The molecule has 1 aliphatic heterocycles. The Morgan fingerprint density at radius 2 is 1.80 bits per heavy atom. The Morgan fingerprint density at radius 3 is 2.45 bits per heavy atom. The van der Waals surface area contributed by atoms with Crippen LogP contribution in [0.3, 0.4) is 0 Å². The van der Waals surface area contributed by atoms with Crippen molar-refractivity contribution in [2.24, 2.45) is 0 Å². The van der Waals surface area contributed by atoms with Crippen molar-refractivity contribution in [2.75, 3.05) is 5.32 Å². The van der Waals surface area contributed by atoms with Gasteiger partial charge in [-0.1, -0.05) is 11.8 Å². The molecule has 0 aromatic heterocycles. The second-order valence-corrected chi connectivity index (χ2v) is 5.26. The van der Waals surface area contributed by atoms with Crippen molar-refractivity contribution < 1.29 is 15.4 Å². The Morgan fingerprint density at radius 1 is 1.15 bits per heavy atom. The zero-order valence-electron chi connectivity index (χ0n) is 9.99. The van der Waals surface area contributed by atoms with Crippen LogP contribution >= 0.6 is 11.8 Å². The van der Waals surface area contributed by atoms with Crippen LogP contribution in [0, 0.1) is 15.3 Å². The molecule has 0 saturated heterocycles. The predicted octanol–water partition coefficient (Wildman–Crippen LogP) is 2.21. The number of nitrogens with zero attached hydrogens (tertiary/aromatic N) is 1. The Bertz CT molecular complexity index is 705. The van der Waals surface area contributed by atoms with Gasteiger partial charge in [0.2, 0.25) is 0 Å². The van der Waals surface area contributed by atoms with Crippen LogP contribution in [0.5, 0.6) is 0 Å². The molecule has 0 radical (unpaired) electrons. The molecule has 0 aliphatic carbocycles. The lowest BCUT2D eigenvalue weighted by molar-refractivity contribution is -0.991. The Hall–Kier alpha value is -2.13. The van der Waals surface area contributed by atoms with Crippen molar-refractivity contribution >= 4 is 34.5 Å². The van der Waals surface area contributed by atoms with Crippen LogP contribution in [-0.4, -0.2) is 10.1 Å². The van der Waals surface area contributed by atoms with Crippen LogP contribution < -0.4 is 10.5 Å². The van der Waals surface area contributed by atoms with E-state index >= 15 is 0 Å². The molecular weight excluding hydrogens is 282 g/mol. The number of nitrogens with one attached hydrogen (secondary N) is 2. The average molecular weight is 291 g/mol. The minimum atomic E-state index is -1.00. The molecule has 1 atom stereocenters. The molecule has 3 N–H and O–H groups in total. The van der Waals surface area contributed by atoms with Crippen molar-refractivity contribution in [1.29, 1.82) is 0 Å². The third-order valence-corrected chi connectivity index (χ3v) is 4.01. The summed E-state index contributed by atoms with van der Waals surface area (Å²) in [6.45, 7) is 0. The second-order valence-electron chi connectivity index (χ2n) is 4.18. The van der Waals surface area contributed by atoms with Crippen molar-refractivity contribution in [1.82, 2.24) is 0 Å². The molecule has 1 aliphatic rings. The minimum Gasteiger partial charge on any atom is -0.595 e. The molecule has 8 heteroatoms. The fourth-order valence-electron chi connectivity index (χ4n) is 1.92. The monoisotopic (exact) mass is 291 g/mol. The van der Waals surface area contributed by atoms with E-state index in [2.05, 4.69) is 5.32 Å². The molecule has 3 rings (SSSR count). The third-order valence-electron chi connectivity index (χ3n) is 2.89. The van der Waals surface area contributed by atoms with Gasteiger partial charge in [-0.2, -0.15) is 5.23 Å². The van der Waals surface area contributed by atoms with Gasteiger partial charge in [0.1, 0.15) is 0 Å². The van der Waals surface area contributed by atoms with Gasteiger partial charge in [0.05, 0.1) is 16.3 Å². The number of quaternary nitrogens is 1. The summed E-state index contributed by atoms with van der Waals surface area (Å²) >= 11 is 1.32. The fraction of sp³-hybridized carbons (Fsp3) is 0. The van der Waals surface area contributed by atoms with Gasteiger partial charge in [-0.3, -0.25) is 10.1 Å². The van der Waals surface area contributed by atoms with Gasteiger partial charge in [0.15, 0.2) is 5.69 Å². The molecule has 20 heavy (non-hydrogen) atoms. The van der Waals surface area contributed by atoms with Crippen LogP contribution in [0.1, 0.15) is 0 Å². The first-order valence-electron chi connectivity index (χ1n) is 5.65.